The number of hydrogen-bond acceptors (Lipinski definition) is 2. The van der Waals surface area contributed by atoms with Crippen LogP contribution in [0.3, 0.4) is 0 Å². The van der Waals surface area contributed by atoms with E-state index in [1.54, 1.807) is 0 Å². The smallest absolute Gasteiger partial charge is 0.0309 e. The lowest BCUT2D eigenvalue weighted by Crippen LogP contribution is -2.58. The molecule has 98 valence electrons. The third-order valence-corrected chi connectivity index (χ3v) is 4.67. The average Bonchev–Trinajstić information content (AvgIpc) is 2.80. The van der Waals surface area contributed by atoms with Gasteiger partial charge in [-0.15, -0.1) is 0 Å². The molecule has 1 spiro atoms. The number of nitrogens with one attached hydrogen (secondary N) is 1. The van der Waals surface area contributed by atoms with E-state index in [0.717, 1.165) is 13.1 Å². The van der Waals surface area contributed by atoms with Crippen molar-refractivity contribution in [2.75, 3.05) is 19.6 Å². The van der Waals surface area contributed by atoms with Gasteiger partial charge in [-0.05, 0) is 30.9 Å². The van der Waals surface area contributed by atoms with Crippen LogP contribution in [0.5, 0.6) is 0 Å². The Hall–Kier alpha value is -0.860. The van der Waals surface area contributed by atoms with Crippen molar-refractivity contribution in [3.63, 3.8) is 0 Å². The van der Waals surface area contributed by atoms with Gasteiger partial charge in [-0.2, -0.15) is 0 Å². The summed E-state index contributed by atoms with van der Waals surface area (Å²) >= 11 is 0. The Balaban J connectivity index is 1.68. The van der Waals surface area contributed by atoms with Crippen LogP contribution in [0.1, 0.15) is 36.8 Å². The Labute approximate surface area is 110 Å². The molecule has 0 unspecified atom stereocenters. The van der Waals surface area contributed by atoms with E-state index < -0.39 is 0 Å². The lowest BCUT2D eigenvalue weighted by atomic mass is 9.94. The van der Waals surface area contributed by atoms with Crippen LogP contribution in [0.25, 0.3) is 0 Å². The van der Waals surface area contributed by atoms with Crippen LogP contribution in [0.15, 0.2) is 24.3 Å². The average molecular weight is 244 g/mol. The molecule has 0 aromatic heterocycles. The largest absolute Gasteiger partial charge is 0.309 e. The van der Waals surface area contributed by atoms with Gasteiger partial charge in [0.1, 0.15) is 0 Å². The highest BCUT2D eigenvalue weighted by molar-refractivity contribution is 5.25. The molecule has 1 aromatic rings. The fourth-order valence-electron chi connectivity index (χ4n) is 3.59. The van der Waals surface area contributed by atoms with Gasteiger partial charge in [0.2, 0.25) is 0 Å². The molecule has 1 heterocycles. The van der Waals surface area contributed by atoms with E-state index in [1.807, 2.05) is 0 Å². The molecule has 2 nitrogen and oxygen atoms in total. The summed E-state index contributed by atoms with van der Waals surface area (Å²) in [6.07, 6.45) is 5.56. The molecule has 0 amide bonds. The summed E-state index contributed by atoms with van der Waals surface area (Å²) in [6, 6.07) is 8.80. The van der Waals surface area contributed by atoms with Crippen LogP contribution < -0.4 is 5.32 Å². The maximum atomic E-state index is 3.78. The van der Waals surface area contributed by atoms with E-state index in [2.05, 4.69) is 41.4 Å². The minimum absolute atomic E-state index is 0.445. The number of benzene rings is 1. The molecule has 1 saturated carbocycles. The molecular formula is C16H24N2. The number of aryl methyl sites for hydroxylation is 1. The zero-order valence-corrected chi connectivity index (χ0v) is 11.4. The highest BCUT2D eigenvalue weighted by atomic mass is 15.2. The molecule has 0 bridgehead atoms. The lowest BCUT2D eigenvalue weighted by Gasteiger charge is -2.41. The number of piperazine rings is 1. The van der Waals surface area contributed by atoms with E-state index in [4.69, 9.17) is 0 Å². The molecule has 2 aliphatic rings. The first kappa shape index (κ1) is 12.2. The van der Waals surface area contributed by atoms with E-state index >= 15 is 0 Å². The van der Waals surface area contributed by atoms with Gasteiger partial charge in [0, 0.05) is 31.7 Å². The van der Waals surface area contributed by atoms with Gasteiger partial charge in [-0.1, -0.05) is 37.1 Å². The molecule has 2 fully saturated rings. The van der Waals surface area contributed by atoms with Crippen molar-refractivity contribution >= 4 is 0 Å². The van der Waals surface area contributed by atoms with Gasteiger partial charge in [-0.3, -0.25) is 4.90 Å². The first-order chi connectivity index (χ1) is 8.77. The number of rotatable bonds is 2. The molecular weight excluding hydrogens is 220 g/mol. The fraction of sp³-hybridized carbons (Fsp3) is 0.625. The zero-order chi connectivity index (χ0) is 12.4. The minimum atomic E-state index is 0.445. The standard InChI is InChI=1S/C16H24N2/c1-14-6-2-3-7-15(14)12-18-11-10-17-16(13-18)8-4-5-9-16/h2-3,6-7,17H,4-5,8-13H2,1H3. The predicted octanol–water partition coefficient (Wildman–Crippen LogP) is 2.71. The van der Waals surface area contributed by atoms with Gasteiger partial charge >= 0.3 is 0 Å². The number of nitrogens with zero attached hydrogens (tertiary/aromatic N) is 1. The fourth-order valence-corrected chi connectivity index (χ4v) is 3.59. The Morgan fingerprint density at radius 3 is 2.78 bits per heavy atom. The van der Waals surface area contributed by atoms with Gasteiger partial charge < -0.3 is 5.32 Å². The van der Waals surface area contributed by atoms with Crippen molar-refractivity contribution in [1.82, 2.24) is 10.2 Å². The highest BCUT2D eigenvalue weighted by Gasteiger charge is 2.37. The van der Waals surface area contributed by atoms with E-state index in [9.17, 15) is 0 Å². The molecule has 1 saturated heterocycles. The Morgan fingerprint density at radius 1 is 1.22 bits per heavy atom. The van der Waals surface area contributed by atoms with Crippen molar-refractivity contribution < 1.29 is 0 Å². The van der Waals surface area contributed by atoms with Crippen LogP contribution in [-0.2, 0) is 6.54 Å². The van der Waals surface area contributed by atoms with Crippen LogP contribution in [0.4, 0.5) is 0 Å². The van der Waals surface area contributed by atoms with Gasteiger partial charge in [0.25, 0.3) is 0 Å². The van der Waals surface area contributed by atoms with Crippen LogP contribution in [0, 0.1) is 6.92 Å². The monoisotopic (exact) mass is 244 g/mol. The molecule has 1 aromatic carbocycles. The first-order valence-electron chi connectivity index (χ1n) is 7.29. The first-order valence-corrected chi connectivity index (χ1v) is 7.29. The number of hydrogen-bond donors (Lipinski definition) is 1. The summed E-state index contributed by atoms with van der Waals surface area (Å²) in [5.74, 6) is 0. The summed E-state index contributed by atoms with van der Waals surface area (Å²) in [4.78, 5) is 2.64. The summed E-state index contributed by atoms with van der Waals surface area (Å²) in [5.41, 5.74) is 3.37. The Morgan fingerprint density at radius 2 is 2.00 bits per heavy atom. The molecule has 3 rings (SSSR count). The maximum absolute atomic E-state index is 3.78. The second-order valence-electron chi connectivity index (χ2n) is 6.05. The Kier molecular flexibility index (Phi) is 3.40. The van der Waals surface area contributed by atoms with E-state index in [1.165, 1.54) is 49.9 Å². The Bertz CT molecular complexity index is 407. The molecule has 1 N–H and O–H groups in total. The van der Waals surface area contributed by atoms with Gasteiger partial charge in [-0.25, -0.2) is 0 Å². The SMILES string of the molecule is Cc1ccccc1CN1CCNC2(CCCC2)C1. The molecule has 1 aliphatic carbocycles. The summed E-state index contributed by atoms with van der Waals surface area (Å²) in [6.45, 7) is 6.93. The molecule has 1 aliphatic heterocycles. The summed E-state index contributed by atoms with van der Waals surface area (Å²) in [5, 5.41) is 3.78. The van der Waals surface area contributed by atoms with Crippen molar-refractivity contribution in [1.29, 1.82) is 0 Å². The van der Waals surface area contributed by atoms with Gasteiger partial charge in [0.15, 0.2) is 0 Å². The molecule has 0 atom stereocenters. The second kappa shape index (κ2) is 5.02. The normalized spacial score (nSPS) is 23.6. The third kappa shape index (κ3) is 2.45. The van der Waals surface area contributed by atoms with Crippen molar-refractivity contribution in [2.24, 2.45) is 0 Å². The van der Waals surface area contributed by atoms with E-state index in [-0.39, 0.29) is 0 Å². The maximum Gasteiger partial charge on any atom is 0.0309 e. The molecule has 2 heteroatoms. The van der Waals surface area contributed by atoms with E-state index in [0.29, 0.717) is 5.54 Å². The molecule has 18 heavy (non-hydrogen) atoms. The van der Waals surface area contributed by atoms with Gasteiger partial charge in [0.05, 0.1) is 0 Å². The van der Waals surface area contributed by atoms with Crippen LogP contribution in [-0.4, -0.2) is 30.1 Å². The second-order valence-corrected chi connectivity index (χ2v) is 6.05. The summed E-state index contributed by atoms with van der Waals surface area (Å²) < 4.78 is 0. The van der Waals surface area contributed by atoms with Crippen molar-refractivity contribution in [3.8, 4) is 0 Å². The van der Waals surface area contributed by atoms with Crippen molar-refractivity contribution in [2.45, 2.75) is 44.7 Å². The predicted molar refractivity (Wildman–Crippen MR) is 75.7 cm³/mol. The van der Waals surface area contributed by atoms with Crippen LogP contribution in [0.2, 0.25) is 0 Å². The third-order valence-electron chi connectivity index (χ3n) is 4.67. The zero-order valence-electron chi connectivity index (χ0n) is 11.4. The summed E-state index contributed by atoms with van der Waals surface area (Å²) in [7, 11) is 0. The lowest BCUT2D eigenvalue weighted by molar-refractivity contribution is 0.128. The topological polar surface area (TPSA) is 15.3 Å². The highest BCUT2D eigenvalue weighted by Crippen LogP contribution is 2.32. The minimum Gasteiger partial charge on any atom is -0.309 e. The van der Waals surface area contributed by atoms with Crippen molar-refractivity contribution in [3.05, 3.63) is 35.4 Å². The quantitative estimate of drug-likeness (QED) is 0.860. The van der Waals surface area contributed by atoms with Crippen LogP contribution >= 0.6 is 0 Å². The molecule has 0 radical (unpaired) electrons.